The van der Waals surface area contributed by atoms with Crippen LogP contribution in [0.5, 0.6) is 0 Å². The van der Waals surface area contributed by atoms with E-state index in [4.69, 9.17) is 5.11 Å². The number of hydrogen-bond donors (Lipinski definition) is 1. The number of nitrogens with zero attached hydrogens (tertiary/aromatic N) is 3. The summed E-state index contributed by atoms with van der Waals surface area (Å²) in [5, 5.41) is 19.5. The van der Waals surface area contributed by atoms with Crippen LogP contribution in [0.15, 0.2) is 18.2 Å². The number of benzene rings is 1. The number of anilines is 1. The number of alkyl halides is 3. The molecule has 1 saturated heterocycles. The van der Waals surface area contributed by atoms with Crippen molar-refractivity contribution >= 4 is 11.4 Å². The van der Waals surface area contributed by atoms with E-state index < -0.39 is 22.4 Å². The van der Waals surface area contributed by atoms with Gasteiger partial charge in [0.15, 0.2) is 0 Å². The normalized spacial score (nSPS) is 16.8. The van der Waals surface area contributed by atoms with Gasteiger partial charge < -0.3 is 10.0 Å². The molecule has 1 aromatic carbocycles. The Labute approximate surface area is 124 Å². The smallest absolute Gasteiger partial charge is 0.395 e. The number of aliphatic hydroxyl groups excluding tert-OH is 1. The van der Waals surface area contributed by atoms with E-state index in [1.165, 1.54) is 0 Å². The van der Waals surface area contributed by atoms with Crippen LogP contribution >= 0.6 is 0 Å². The van der Waals surface area contributed by atoms with E-state index in [0.717, 1.165) is 12.1 Å². The molecule has 0 spiro atoms. The zero-order chi connectivity index (χ0) is 16.3. The second kappa shape index (κ2) is 6.49. The van der Waals surface area contributed by atoms with Gasteiger partial charge in [-0.1, -0.05) is 0 Å². The van der Waals surface area contributed by atoms with Crippen LogP contribution < -0.4 is 4.90 Å². The van der Waals surface area contributed by atoms with Gasteiger partial charge in [0.05, 0.1) is 17.1 Å². The summed E-state index contributed by atoms with van der Waals surface area (Å²) in [5.74, 6) is 0. The highest BCUT2D eigenvalue weighted by Gasteiger charge is 2.37. The summed E-state index contributed by atoms with van der Waals surface area (Å²) in [6.07, 6.45) is -4.65. The minimum absolute atomic E-state index is 0.00529. The van der Waals surface area contributed by atoms with Crippen molar-refractivity contribution in [2.75, 3.05) is 44.2 Å². The summed E-state index contributed by atoms with van der Waals surface area (Å²) in [5.41, 5.74) is -1.60. The lowest BCUT2D eigenvalue weighted by molar-refractivity contribution is -0.385. The van der Waals surface area contributed by atoms with Crippen LogP contribution in [-0.4, -0.2) is 54.3 Å². The molecule has 6 nitrogen and oxygen atoms in total. The van der Waals surface area contributed by atoms with Crippen LogP contribution in [-0.2, 0) is 6.18 Å². The van der Waals surface area contributed by atoms with Crippen molar-refractivity contribution in [3.8, 4) is 0 Å². The van der Waals surface area contributed by atoms with Crippen molar-refractivity contribution in [3.63, 3.8) is 0 Å². The van der Waals surface area contributed by atoms with Crippen LogP contribution in [0, 0.1) is 10.1 Å². The molecule has 0 radical (unpaired) electrons. The summed E-state index contributed by atoms with van der Waals surface area (Å²) in [6.45, 7) is 2.32. The molecule has 2 rings (SSSR count). The minimum Gasteiger partial charge on any atom is -0.395 e. The van der Waals surface area contributed by atoms with Crippen LogP contribution in [0.25, 0.3) is 0 Å². The molecule has 0 unspecified atom stereocenters. The Morgan fingerprint density at radius 3 is 2.36 bits per heavy atom. The Morgan fingerprint density at radius 2 is 1.86 bits per heavy atom. The number of rotatable bonds is 4. The summed E-state index contributed by atoms with van der Waals surface area (Å²) in [7, 11) is 0. The van der Waals surface area contributed by atoms with Gasteiger partial charge in [0.1, 0.15) is 0 Å². The van der Waals surface area contributed by atoms with Gasteiger partial charge in [-0.15, -0.1) is 0 Å². The van der Waals surface area contributed by atoms with Crippen molar-refractivity contribution in [1.82, 2.24) is 4.90 Å². The molecule has 0 bridgehead atoms. The van der Waals surface area contributed by atoms with E-state index in [1.54, 1.807) is 4.90 Å². The lowest BCUT2D eigenvalue weighted by Crippen LogP contribution is -2.47. The monoisotopic (exact) mass is 319 g/mol. The third-order valence-corrected chi connectivity index (χ3v) is 3.63. The first-order chi connectivity index (χ1) is 10.3. The molecule has 9 heteroatoms. The average molecular weight is 319 g/mol. The maximum Gasteiger partial charge on any atom is 0.418 e. The van der Waals surface area contributed by atoms with Gasteiger partial charge in [-0.25, -0.2) is 0 Å². The Kier molecular flexibility index (Phi) is 4.87. The van der Waals surface area contributed by atoms with Gasteiger partial charge in [0, 0.05) is 50.5 Å². The number of halogens is 3. The first kappa shape index (κ1) is 16.5. The van der Waals surface area contributed by atoms with E-state index in [0.29, 0.717) is 38.8 Å². The zero-order valence-electron chi connectivity index (χ0n) is 11.7. The predicted octanol–water partition coefficient (Wildman–Crippen LogP) is 1.73. The third kappa shape index (κ3) is 3.66. The molecule has 122 valence electrons. The van der Waals surface area contributed by atoms with Crippen LogP contribution in [0.4, 0.5) is 24.5 Å². The Bertz CT molecular complexity index is 543. The summed E-state index contributed by atoms with van der Waals surface area (Å²) >= 11 is 0. The second-order valence-corrected chi connectivity index (χ2v) is 5.01. The Hall–Kier alpha value is -1.87. The summed E-state index contributed by atoms with van der Waals surface area (Å²) < 4.78 is 39.5. The van der Waals surface area contributed by atoms with Gasteiger partial charge in [-0.2, -0.15) is 13.2 Å². The highest BCUT2D eigenvalue weighted by molar-refractivity contribution is 5.59. The highest BCUT2D eigenvalue weighted by atomic mass is 19.4. The van der Waals surface area contributed by atoms with Crippen LogP contribution in [0.1, 0.15) is 5.56 Å². The average Bonchev–Trinajstić information content (AvgIpc) is 2.47. The fourth-order valence-electron chi connectivity index (χ4n) is 2.49. The molecule has 1 aliphatic heterocycles. The molecule has 0 saturated carbocycles. The first-order valence-electron chi connectivity index (χ1n) is 6.76. The Balaban J connectivity index is 2.26. The van der Waals surface area contributed by atoms with Crippen molar-refractivity contribution < 1.29 is 23.2 Å². The van der Waals surface area contributed by atoms with E-state index >= 15 is 0 Å². The fraction of sp³-hybridized carbons (Fsp3) is 0.538. The van der Waals surface area contributed by atoms with Crippen LogP contribution in [0.3, 0.4) is 0 Å². The molecular weight excluding hydrogens is 303 g/mol. The topological polar surface area (TPSA) is 69.9 Å². The molecule has 0 aliphatic carbocycles. The highest BCUT2D eigenvalue weighted by Crippen LogP contribution is 2.39. The van der Waals surface area contributed by atoms with Crippen molar-refractivity contribution in [2.24, 2.45) is 0 Å². The quantitative estimate of drug-likeness (QED) is 0.676. The van der Waals surface area contributed by atoms with Crippen molar-refractivity contribution in [1.29, 1.82) is 0 Å². The van der Waals surface area contributed by atoms with Gasteiger partial charge in [0.25, 0.3) is 5.69 Å². The summed E-state index contributed by atoms with van der Waals surface area (Å²) in [6, 6.07) is 2.82. The third-order valence-electron chi connectivity index (χ3n) is 3.63. The molecule has 1 aliphatic rings. The van der Waals surface area contributed by atoms with Crippen molar-refractivity contribution in [2.45, 2.75) is 6.18 Å². The molecule has 0 aromatic heterocycles. The maximum atomic E-state index is 13.2. The second-order valence-electron chi connectivity index (χ2n) is 5.01. The first-order valence-corrected chi connectivity index (χ1v) is 6.76. The van der Waals surface area contributed by atoms with Crippen molar-refractivity contribution in [3.05, 3.63) is 33.9 Å². The molecule has 1 aromatic rings. The Morgan fingerprint density at radius 1 is 1.23 bits per heavy atom. The van der Waals surface area contributed by atoms with Crippen LogP contribution in [0.2, 0.25) is 0 Å². The van der Waals surface area contributed by atoms with Gasteiger partial charge in [-0.3, -0.25) is 15.0 Å². The predicted molar refractivity (Wildman–Crippen MR) is 73.8 cm³/mol. The maximum absolute atomic E-state index is 13.2. The number of nitro benzene ring substituents is 1. The lowest BCUT2D eigenvalue weighted by atomic mass is 10.1. The minimum atomic E-state index is -4.65. The number of piperazine rings is 1. The largest absolute Gasteiger partial charge is 0.418 e. The number of β-amino-alcohol motifs (C(OH)–C–C–N with tert-alkyl or cyclic N) is 1. The van der Waals surface area contributed by atoms with Gasteiger partial charge in [-0.05, 0) is 6.07 Å². The molecule has 22 heavy (non-hydrogen) atoms. The van der Waals surface area contributed by atoms with E-state index in [2.05, 4.69) is 0 Å². The van der Waals surface area contributed by atoms with Gasteiger partial charge in [0.2, 0.25) is 0 Å². The molecule has 1 heterocycles. The SMILES string of the molecule is O=[N+]([O-])c1ccc(N2CCN(CCO)CC2)c(C(F)(F)F)c1. The standard InChI is InChI=1S/C13H16F3N3O3/c14-13(15,16)11-9-10(19(21)22)1-2-12(11)18-5-3-17(4-6-18)7-8-20/h1-2,9,20H,3-8H2. The number of non-ortho nitro benzene ring substituents is 1. The van der Waals surface area contributed by atoms with E-state index in [9.17, 15) is 23.3 Å². The van der Waals surface area contributed by atoms with E-state index in [1.807, 2.05) is 4.90 Å². The number of nitro groups is 1. The molecular formula is C13H16F3N3O3. The fourth-order valence-corrected chi connectivity index (χ4v) is 2.49. The molecule has 0 atom stereocenters. The zero-order valence-corrected chi connectivity index (χ0v) is 11.7. The molecule has 1 fully saturated rings. The lowest BCUT2D eigenvalue weighted by Gasteiger charge is -2.36. The molecule has 1 N–H and O–H groups in total. The van der Waals surface area contributed by atoms with E-state index in [-0.39, 0.29) is 12.3 Å². The number of aliphatic hydroxyl groups is 1. The molecule has 0 amide bonds. The van der Waals surface area contributed by atoms with Gasteiger partial charge >= 0.3 is 6.18 Å². The summed E-state index contributed by atoms with van der Waals surface area (Å²) in [4.78, 5) is 13.4. The number of hydrogen-bond acceptors (Lipinski definition) is 5.